The average molecular weight is 354 g/mol. The minimum Gasteiger partial charge on any atom is -0.481 e. The summed E-state index contributed by atoms with van der Waals surface area (Å²) in [4.78, 5) is 23.7. The molecule has 5 heteroatoms. The Hall–Kier alpha value is -2.82. The van der Waals surface area contributed by atoms with Crippen LogP contribution < -0.4 is 15.4 Å². The van der Waals surface area contributed by atoms with Gasteiger partial charge >= 0.3 is 0 Å². The molecule has 0 fully saturated rings. The van der Waals surface area contributed by atoms with E-state index in [1.807, 2.05) is 24.3 Å². The highest BCUT2D eigenvalue weighted by Crippen LogP contribution is 2.20. The molecule has 1 unspecified atom stereocenters. The molecule has 26 heavy (non-hydrogen) atoms. The summed E-state index contributed by atoms with van der Waals surface area (Å²) in [5.74, 6) is 0.833. The molecular weight excluding hydrogens is 328 g/mol. The van der Waals surface area contributed by atoms with Crippen molar-refractivity contribution in [3.63, 3.8) is 0 Å². The van der Waals surface area contributed by atoms with Crippen molar-refractivity contribution in [3.8, 4) is 5.75 Å². The summed E-state index contributed by atoms with van der Waals surface area (Å²) in [7, 11) is 0. The van der Waals surface area contributed by atoms with Crippen LogP contribution in [-0.2, 0) is 9.59 Å². The summed E-state index contributed by atoms with van der Waals surface area (Å²) >= 11 is 0. The maximum atomic E-state index is 12.3. The van der Waals surface area contributed by atoms with Crippen LogP contribution in [0.5, 0.6) is 5.75 Å². The molecule has 0 aromatic heterocycles. The van der Waals surface area contributed by atoms with E-state index in [4.69, 9.17) is 4.74 Å². The first-order valence-electron chi connectivity index (χ1n) is 8.86. The van der Waals surface area contributed by atoms with Gasteiger partial charge in [0.2, 0.25) is 5.91 Å². The Kier molecular flexibility index (Phi) is 6.78. The van der Waals surface area contributed by atoms with Crippen molar-refractivity contribution >= 4 is 23.2 Å². The third kappa shape index (κ3) is 5.62. The van der Waals surface area contributed by atoms with Gasteiger partial charge in [0.1, 0.15) is 5.75 Å². The quantitative estimate of drug-likeness (QED) is 0.766. The summed E-state index contributed by atoms with van der Waals surface area (Å²) in [5.41, 5.74) is 2.57. The van der Waals surface area contributed by atoms with Crippen LogP contribution in [0.3, 0.4) is 0 Å². The van der Waals surface area contributed by atoms with E-state index in [-0.39, 0.29) is 11.8 Å². The molecule has 2 N–H and O–H groups in total. The Labute approximate surface area is 154 Å². The van der Waals surface area contributed by atoms with Gasteiger partial charge in [0, 0.05) is 17.8 Å². The Morgan fingerprint density at radius 2 is 1.42 bits per heavy atom. The molecule has 0 aliphatic heterocycles. The lowest BCUT2D eigenvalue weighted by Crippen LogP contribution is -2.30. The zero-order chi connectivity index (χ0) is 19.1. The molecule has 1 atom stereocenters. The number of rotatable bonds is 7. The van der Waals surface area contributed by atoms with E-state index < -0.39 is 6.10 Å². The number of amides is 2. The van der Waals surface area contributed by atoms with Crippen LogP contribution in [-0.4, -0.2) is 17.9 Å². The van der Waals surface area contributed by atoms with Crippen LogP contribution >= 0.6 is 0 Å². The van der Waals surface area contributed by atoms with E-state index in [2.05, 4.69) is 24.5 Å². The van der Waals surface area contributed by atoms with Crippen molar-refractivity contribution in [2.24, 2.45) is 0 Å². The molecule has 0 heterocycles. The van der Waals surface area contributed by atoms with Gasteiger partial charge in [-0.15, -0.1) is 0 Å². The van der Waals surface area contributed by atoms with Gasteiger partial charge in [0.15, 0.2) is 6.10 Å². The average Bonchev–Trinajstić information content (AvgIpc) is 2.63. The van der Waals surface area contributed by atoms with Crippen LogP contribution in [0.1, 0.15) is 45.6 Å². The molecule has 0 aliphatic carbocycles. The van der Waals surface area contributed by atoms with Crippen molar-refractivity contribution < 1.29 is 14.3 Å². The van der Waals surface area contributed by atoms with Crippen molar-refractivity contribution in [3.05, 3.63) is 54.1 Å². The Bertz CT molecular complexity index is 737. The zero-order valence-electron chi connectivity index (χ0n) is 15.7. The number of hydrogen-bond acceptors (Lipinski definition) is 3. The highest BCUT2D eigenvalue weighted by atomic mass is 16.5. The first-order valence-corrected chi connectivity index (χ1v) is 8.86. The monoisotopic (exact) mass is 354 g/mol. The van der Waals surface area contributed by atoms with Gasteiger partial charge in [-0.3, -0.25) is 9.59 Å². The third-order valence-corrected chi connectivity index (χ3v) is 3.99. The van der Waals surface area contributed by atoms with Gasteiger partial charge < -0.3 is 15.4 Å². The Morgan fingerprint density at radius 1 is 0.885 bits per heavy atom. The highest BCUT2D eigenvalue weighted by molar-refractivity contribution is 5.95. The molecule has 0 saturated heterocycles. The Balaban J connectivity index is 1.91. The number of anilines is 2. The SMILES string of the molecule is CCC(=O)Nc1ccc(NC(=O)C(C)Oc2ccc(C(C)C)cc2)cc1. The molecule has 0 bridgehead atoms. The van der Waals surface area contributed by atoms with E-state index in [1.165, 1.54) is 5.56 Å². The maximum Gasteiger partial charge on any atom is 0.265 e. The minimum atomic E-state index is -0.626. The minimum absolute atomic E-state index is 0.0488. The second kappa shape index (κ2) is 9.04. The van der Waals surface area contributed by atoms with Gasteiger partial charge in [-0.25, -0.2) is 0 Å². The van der Waals surface area contributed by atoms with Gasteiger partial charge in [-0.2, -0.15) is 0 Å². The largest absolute Gasteiger partial charge is 0.481 e. The molecule has 2 amide bonds. The molecule has 2 aromatic carbocycles. The molecular formula is C21H26N2O3. The number of carbonyl (C=O) groups excluding carboxylic acids is 2. The summed E-state index contributed by atoms with van der Waals surface area (Å²) in [6.45, 7) is 7.76. The fourth-order valence-electron chi connectivity index (χ4n) is 2.32. The fourth-order valence-corrected chi connectivity index (χ4v) is 2.32. The van der Waals surface area contributed by atoms with E-state index in [1.54, 1.807) is 38.1 Å². The lowest BCUT2D eigenvalue weighted by Gasteiger charge is -2.15. The smallest absolute Gasteiger partial charge is 0.265 e. The number of nitrogens with one attached hydrogen (secondary N) is 2. The number of benzene rings is 2. The predicted octanol–water partition coefficient (Wildman–Crippen LogP) is 4.56. The van der Waals surface area contributed by atoms with Crippen molar-refractivity contribution in [1.29, 1.82) is 0 Å². The van der Waals surface area contributed by atoms with Gasteiger partial charge in [0.25, 0.3) is 5.91 Å². The standard InChI is InChI=1S/C21H26N2O3/c1-5-20(24)22-17-8-10-18(11-9-17)23-21(25)15(4)26-19-12-6-16(7-13-19)14(2)3/h6-15H,5H2,1-4H3,(H,22,24)(H,23,25). The second-order valence-corrected chi connectivity index (χ2v) is 6.45. The number of ether oxygens (including phenoxy) is 1. The first kappa shape index (κ1) is 19.5. The van der Waals surface area contributed by atoms with Crippen LogP contribution in [0, 0.1) is 0 Å². The number of carbonyl (C=O) groups is 2. The van der Waals surface area contributed by atoms with E-state index in [0.717, 1.165) is 0 Å². The lowest BCUT2D eigenvalue weighted by molar-refractivity contribution is -0.122. The molecule has 0 aliphatic rings. The summed E-state index contributed by atoms with van der Waals surface area (Å²) in [5, 5.41) is 5.57. The van der Waals surface area contributed by atoms with Crippen LogP contribution in [0.25, 0.3) is 0 Å². The van der Waals surface area contributed by atoms with Gasteiger partial charge in [0.05, 0.1) is 0 Å². The van der Waals surface area contributed by atoms with E-state index in [0.29, 0.717) is 29.5 Å². The molecule has 2 rings (SSSR count). The van der Waals surface area contributed by atoms with E-state index >= 15 is 0 Å². The fraction of sp³-hybridized carbons (Fsp3) is 0.333. The zero-order valence-corrected chi connectivity index (χ0v) is 15.7. The molecule has 2 aromatic rings. The van der Waals surface area contributed by atoms with Gasteiger partial charge in [-0.05, 0) is 54.8 Å². The highest BCUT2D eigenvalue weighted by Gasteiger charge is 2.15. The van der Waals surface area contributed by atoms with Gasteiger partial charge in [-0.1, -0.05) is 32.9 Å². The molecule has 0 spiro atoms. The normalized spacial score (nSPS) is 11.7. The topological polar surface area (TPSA) is 67.4 Å². The second-order valence-electron chi connectivity index (χ2n) is 6.45. The van der Waals surface area contributed by atoms with Crippen molar-refractivity contribution in [2.75, 3.05) is 10.6 Å². The molecule has 5 nitrogen and oxygen atoms in total. The van der Waals surface area contributed by atoms with Crippen molar-refractivity contribution in [1.82, 2.24) is 0 Å². The van der Waals surface area contributed by atoms with E-state index in [9.17, 15) is 9.59 Å². The van der Waals surface area contributed by atoms with Crippen LogP contribution in [0.4, 0.5) is 11.4 Å². The Morgan fingerprint density at radius 3 is 1.92 bits per heavy atom. The lowest BCUT2D eigenvalue weighted by atomic mass is 10.0. The summed E-state index contributed by atoms with van der Waals surface area (Å²) in [6, 6.07) is 14.8. The number of hydrogen-bond donors (Lipinski definition) is 2. The maximum absolute atomic E-state index is 12.3. The summed E-state index contributed by atoms with van der Waals surface area (Å²) in [6.07, 6.45) is -0.203. The first-order chi connectivity index (χ1) is 12.4. The molecule has 0 radical (unpaired) electrons. The van der Waals surface area contributed by atoms with Crippen molar-refractivity contribution in [2.45, 2.75) is 46.1 Å². The predicted molar refractivity (Wildman–Crippen MR) is 105 cm³/mol. The molecule has 0 saturated carbocycles. The molecule has 138 valence electrons. The van der Waals surface area contributed by atoms with Crippen LogP contribution in [0.15, 0.2) is 48.5 Å². The summed E-state index contributed by atoms with van der Waals surface area (Å²) < 4.78 is 5.70. The van der Waals surface area contributed by atoms with Crippen LogP contribution in [0.2, 0.25) is 0 Å². The third-order valence-electron chi connectivity index (χ3n) is 3.99.